The zero-order chi connectivity index (χ0) is 15.3. The summed E-state index contributed by atoms with van der Waals surface area (Å²) in [6, 6.07) is 6.46. The Kier molecular flexibility index (Phi) is 6.08. The zero-order valence-corrected chi connectivity index (χ0v) is 14.6. The van der Waals surface area contributed by atoms with E-state index in [1.165, 1.54) is 12.0 Å². The smallest absolute Gasteiger partial charge is 0.119 e. The fraction of sp³-hybridized carbons (Fsp3) is 0.647. The van der Waals surface area contributed by atoms with Crippen LogP contribution in [0, 0.1) is 0 Å². The summed E-state index contributed by atoms with van der Waals surface area (Å²) in [5.74, 6) is 0.831. The molecule has 1 aromatic carbocycles. The van der Waals surface area contributed by atoms with E-state index >= 15 is 0 Å². The summed E-state index contributed by atoms with van der Waals surface area (Å²) in [5.41, 5.74) is 0.540. The molecule has 2 N–H and O–H groups in total. The van der Waals surface area contributed by atoms with E-state index in [1.54, 1.807) is 0 Å². The topological polar surface area (TPSA) is 41.5 Å². The van der Waals surface area contributed by atoms with Crippen molar-refractivity contribution in [2.75, 3.05) is 6.61 Å². The first-order valence-electron chi connectivity index (χ1n) is 7.85. The van der Waals surface area contributed by atoms with Crippen molar-refractivity contribution in [3.05, 3.63) is 28.2 Å². The Hall–Kier alpha value is -0.580. The average Bonchev–Trinajstić information content (AvgIpc) is 2.46. The summed E-state index contributed by atoms with van der Waals surface area (Å²) in [7, 11) is 0. The van der Waals surface area contributed by atoms with Crippen molar-refractivity contribution in [1.82, 2.24) is 5.32 Å². The lowest BCUT2D eigenvalue weighted by Gasteiger charge is -2.31. The molecule has 1 aromatic rings. The van der Waals surface area contributed by atoms with Crippen LogP contribution in [-0.2, 0) is 6.54 Å². The molecule has 0 radical (unpaired) electrons. The summed E-state index contributed by atoms with van der Waals surface area (Å²) < 4.78 is 6.94. The Balaban J connectivity index is 1.95. The molecule has 0 amide bonds. The molecule has 0 bridgehead atoms. The first-order chi connectivity index (χ1) is 9.98. The minimum absolute atomic E-state index is 0.395. The zero-order valence-electron chi connectivity index (χ0n) is 13.0. The minimum atomic E-state index is -0.637. The van der Waals surface area contributed by atoms with Gasteiger partial charge < -0.3 is 15.2 Å². The van der Waals surface area contributed by atoms with Crippen LogP contribution in [0.15, 0.2) is 22.7 Å². The number of rotatable bonds is 6. The van der Waals surface area contributed by atoms with Gasteiger partial charge in [-0.3, -0.25) is 0 Å². The van der Waals surface area contributed by atoms with Gasteiger partial charge in [0.25, 0.3) is 0 Å². The van der Waals surface area contributed by atoms with Crippen molar-refractivity contribution in [2.24, 2.45) is 0 Å². The van der Waals surface area contributed by atoms with Crippen molar-refractivity contribution in [3.8, 4) is 5.75 Å². The fourth-order valence-electron chi connectivity index (χ4n) is 2.66. The molecule has 2 rings (SSSR count). The van der Waals surface area contributed by atoms with Gasteiger partial charge >= 0.3 is 0 Å². The normalized spacial score (nSPS) is 18.0. The molecule has 0 aromatic heterocycles. The molecule has 3 nitrogen and oxygen atoms in total. The van der Waals surface area contributed by atoms with E-state index in [1.807, 2.05) is 18.2 Å². The molecule has 1 saturated carbocycles. The number of aliphatic hydroxyl groups is 1. The largest absolute Gasteiger partial charge is 0.491 e. The Morgan fingerprint density at radius 2 is 2.00 bits per heavy atom. The molecule has 0 unspecified atom stereocenters. The molecule has 1 fully saturated rings. The van der Waals surface area contributed by atoms with Gasteiger partial charge in [-0.15, -0.1) is 0 Å². The number of hydrogen-bond acceptors (Lipinski definition) is 3. The van der Waals surface area contributed by atoms with Crippen LogP contribution < -0.4 is 10.1 Å². The monoisotopic (exact) mass is 355 g/mol. The second-order valence-corrected chi connectivity index (χ2v) is 7.22. The molecule has 0 atom stereocenters. The second-order valence-electron chi connectivity index (χ2n) is 6.36. The van der Waals surface area contributed by atoms with E-state index < -0.39 is 5.60 Å². The highest BCUT2D eigenvalue weighted by Gasteiger charge is 2.29. The lowest BCUT2D eigenvalue weighted by atomic mass is 9.85. The first-order valence-corrected chi connectivity index (χ1v) is 8.65. The van der Waals surface area contributed by atoms with Crippen molar-refractivity contribution in [2.45, 2.75) is 64.1 Å². The predicted molar refractivity (Wildman–Crippen MR) is 89.6 cm³/mol. The number of ether oxygens (including phenoxy) is 1. The van der Waals surface area contributed by atoms with Gasteiger partial charge in [-0.05, 0) is 36.6 Å². The van der Waals surface area contributed by atoms with Gasteiger partial charge in [-0.2, -0.15) is 0 Å². The standard InChI is InChI=1S/C17H26BrNO2/c1-13(2)19-11-14-10-15(6-7-16(14)18)21-12-17(20)8-4-3-5-9-17/h6-7,10,13,19-20H,3-5,8-9,11-12H2,1-2H3. The van der Waals surface area contributed by atoms with Crippen molar-refractivity contribution < 1.29 is 9.84 Å². The summed E-state index contributed by atoms with van der Waals surface area (Å²) in [6.45, 7) is 5.46. The lowest BCUT2D eigenvalue weighted by Crippen LogP contribution is -2.37. The lowest BCUT2D eigenvalue weighted by molar-refractivity contribution is -0.0339. The van der Waals surface area contributed by atoms with Gasteiger partial charge in [0.1, 0.15) is 12.4 Å². The summed E-state index contributed by atoms with van der Waals surface area (Å²) in [4.78, 5) is 0. The van der Waals surface area contributed by atoms with Crippen LogP contribution in [0.3, 0.4) is 0 Å². The van der Waals surface area contributed by atoms with E-state index in [0.29, 0.717) is 12.6 Å². The molecular formula is C17H26BrNO2. The van der Waals surface area contributed by atoms with Crippen molar-refractivity contribution >= 4 is 15.9 Å². The SMILES string of the molecule is CC(C)NCc1cc(OCC2(O)CCCCC2)ccc1Br. The maximum atomic E-state index is 10.5. The molecular weight excluding hydrogens is 330 g/mol. The highest BCUT2D eigenvalue weighted by Crippen LogP contribution is 2.29. The number of halogens is 1. The molecule has 1 aliphatic carbocycles. The van der Waals surface area contributed by atoms with Crippen LogP contribution in [0.2, 0.25) is 0 Å². The molecule has 21 heavy (non-hydrogen) atoms. The van der Waals surface area contributed by atoms with Crippen LogP contribution in [0.1, 0.15) is 51.5 Å². The maximum absolute atomic E-state index is 10.5. The fourth-order valence-corrected chi connectivity index (χ4v) is 3.05. The van der Waals surface area contributed by atoms with Gasteiger partial charge in [0, 0.05) is 17.1 Å². The maximum Gasteiger partial charge on any atom is 0.119 e. The van der Waals surface area contributed by atoms with Crippen LogP contribution in [-0.4, -0.2) is 23.4 Å². The third kappa shape index (κ3) is 5.28. The Morgan fingerprint density at radius 3 is 2.67 bits per heavy atom. The van der Waals surface area contributed by atoms with Crippen LogP contribution in [0.5, 0.6) is 5.75 Å². The van der Waals surface area contributed by atoms with Crippen molar-refractivity contribution in [1.29, 1.82) is 0 Å². The number of nitrogens with one attached hydrogen (secondary N) is 1. The molecule has 4 heteroatoms. The van der Waals surface area contributed by atoms with Crippen LogP contribution in [0.4, 0.5) is 0 Å². The van der Waals surface area contributed by atoms with Crippen LogP contribution >= 0.6 is 15.9 Å². The Morgan fingerprint density at radius 1 is 1.29 bits per heavy atom. The second kappa shape index (κ2) is 7.61. The van der Waals surface area contributed by atoms with Gasteiger partial charge in [0.2, 0.25) is 0 Å². The highest BCUT2D eigenvalue weighted by atomic mass is 79.9. The first kappa shape index (κ1) is 16.8. The molecule has 0 spiro atoms. The van der Waals surface area contributed by atoms with Crippen molar-refractivity contribution in [3.63, 3.8) is 0 Å². The molecule has 1 aliphatic rings. The number of hydrogen-bond donors (Lipinski definition) is 2. The molecule has 0 aliphatic heterocycles. The van der Waals surface area contributed by atoms with E-state index in [-0.39, 0.29) is 0 Å². The van der Waals surface area contributed by atoms with E-state index in [9.17, 15) is 5.11 Å². The van der Waals surface area contributed by atoms with E-state index in [0.717, 1.165) is 42.5 Å². The van der Waals surface area contributed by atoms with Gasteiger partial charge in [-0.25, -0.2) is 0 Å². The third-order valence-electron chi connectivity index (χ3n) is 4.01. The quantitative estimate of drug-likeness (QED) is 0.809. The van der Waals surface area contributed by atoms with Gasteiger partial charge in [-0.1, -0.05) is 49.0 Å². The summed E-state index contributed by atoms with van der Waals surface area (Å²) in [6.07, 6.45) is 5.13. The third-order valence-corrected chi connectivity index (χ3v) is 4.78. The Labute approximate surface area is 136 Å². The number of benzene rings is 1. The molecule has 118 valence electrons. The van der Waals surface area contributed by atoms with Gasteiger partial charge in [0.05, 0.1) is 5.60 Å². The van der Waals surface area contributed by atoms with E-state index in [2.05, 4.69) is 35.1 Å². The molecule has 0 heterocycles. The summed E-state index contributed by atoms with van der Waals surface area (Å²) >= 11 is 3.57. The average molecular weight is 356 g/mol. The summed E-state index contributed by atoms with van der Waals surface area (Å²) in [5, 5.41) is 13.9. The predicted octanol–water partition coefficient (Wildman–Crippen LogP) is 4.02. The molecule has 0 saturated heterocycles. The Bertz CT molecular complexity index is 456. The van der Waals surface area contributed by atoms with Gasteiger partial charge in [0.15, 0.2) is 0 Å². The highest BCUT2D eigenvalue weighted by molar-refractivity contribution is 9.10. The minimum Gasteiger partial charge on any atom is -0.491 e. The van der Waals surface area contributed by atoms with Crippen LogP contribution in [0.25, 0.3) is 0 Å². The van der Waals surface area contributed by atoms with E-state index in [4.69, 9.17) is 4.74 Å².